The molecular formula is C42H43F2NO6. The normalized spacial score (nSPS) is 12.1. The first kappa shape index (κ1) is 39.8. The molecule has 51 heavy (non-hydrogen) atoms. The molecule has 0 amide bonds. The summed E-state index contributed by atoms with van der Waals surface area (Å²) < 4.78 is 26.5. The third-order valence-corrected chi connectivity index (χ3v) is 8.02. The Morgan fingerprint density at radius 1 is 0.510 bits per heavy atom. The minimum Gasteiger partial charge on any atom is -0.478 e. The number of nitrogens with zero attached hydrogens (tertiary/aromatic N) is 1. The lowest BCUT2D eigenvalue weighted by Gasteiger charge is -2.27. The van der Waals surface area contributed by atoms with E-state index in [1.165, 1.54) is 56.6 Å². The maximum absolute atomic E-state index is 13.2. The van der Waals surface area contributed by atoms with Crippen LogP contribution < -0.4 is 0 Å². The third kappa shape index (κ3) is 15.2. The van der Waals surface area contributed by atoms with Gasteiger partial charge in [-0.05, 0) is 117 Å². The van der Waals surface area contributed by atoms with Crippen molar-refractivity contribution in [1.29, 1.82) is 0 Å². The van der Waals surface area contributed by atoms with Crippen molar-refractivity contribution >= 4 is 17.9 Å². The molecule has 1 fully saturated rings. The first-order valence-corrected chi connectivity index (χ1v) is 16.7. The van der Waals surface area contributed by atoms with E-state index in [1.807, 2.05) is 24.3 Å². The number of hydrogen-bond acceptors (Lipinski definition) is 4. The molecule has 0 spiro atoms. The van der Waals surface area contributed by atoms with Gasteiger partial charge in [0, 0.05) is 5.92 Å². The second kappa shape index (κ2) is 22.1. The molecule has 1 aliphatic rings. The summed E-state index contributed by atoms with van der Waals surface area (Å²) in [7, 11) is 0. The fraction of sp³-hybridized carbons (Fsp3) is 0.214. The highest BCUT2D eigenvalue weighted by atomic mass is 19.1. The van der Waals surface area contributed by atoms with Crippen LogP contribution in [0.15, 0.2) is 140 Å². The van der Waals surface area contributed by atoms with Gasteiger partial charge in [-0.25, -0.2) is 23.2 Å². The van der Waals surface area contributed by atoms with Crippen molar-refractivity contribution < 1.29 is 38.5 Å². The number of piperidine rings is 1. The van der Waals surface area contributed by atoms with Crippen LogP contribution in [0.5, 0.6) is 0 Å². The van der Waals surface area contributed by atoms with Crippen molar-refractivity contribution in [3.8, 4) is 0 Å². The van der Waals surface area contributed by atoms with Gasteiger partial charge in [0.25, 0.3) is 0 Å². The van der Waals surface area contributed by atoms with Crippen LogP contribution in [0.3, 0.4) is 0 Å². The Hall–Kier alpha value is -5.67. The van der Waals surface area contributed by atoms with Gasteiger partial charge < -0.3 is 20.2 Å². The topological polar surface area (TPSA) is 115 Å². The molecule has 0 aliphatic carbocycles. The first-order valence-electron chi connectivity index (χ1n) is 16.7. The van der Waals surface area contributed by atoms with Gasteiger partial charge in [0.15, 0.2) is 0 Å². The van der Waals surface area contributed by atoms with Gasteiger partial charge in [-0.1, -0.05) is 85.3 Å². The fourth-order valence-corrected chi connectivity index (χ4v) is 5.36. The second-order valence-electron chi connectivity index (χ2n) is 11.7. The van der Waals surface area contributed by atoms with Crippen LogP contribution in [0.1, 0.15) is 80.2 Å². The quantitative estimate of drug-likeness (QED) is 0.141. The van der Waals surface area contributed by atoms with Crippen LogP contribution in [-0.4, -0.2) is 57.8 Å². The van der Waals surface area contributed by atoms with Gasteiger partial charge in [-0.2, -0.15) is 0 Å². The zero-order valence-corrected chi connectivity index (χ0v) is 28.3. The van der Waals surface area contributed by atoms with E-state index in [0.717, 1.165) is 30.5 Å². The van der Waals surface area contributed by atoms with Crippen molar-refractivity contribution in [2.24, 2.45) is 0 Å². The lowest BCUT2D eigenvalue weighted by molar-refractivity contribution is 0.0686. The molecule has 0 unspecified atom stereocenters. The summed E-state index contributed by atoms with van der Waals surface area (Å²) in [6, 6.07) is 38.3. The number of carboxylic acids is 3. The number of aromatic carboxylic acids is 3. The van der Waals surface area contributed by atoms with Crippen LogP contribution in [-0.2, 0) is 0 Å². The highest BCUT2D eigenvalue weighted by Gasteiger charge is 2.16. The number of rotatable bonds is 9. The van der Waals surface area contributed by atoms with Crippen molar-refractivity contribution in [2.75, 3.05) is 19.6 Å². The van der Waals surface area contributed by atoms with Gasteiger partial charge in [-0.3, -0.25) is 0 Å². The second-order valence-corrected chi connectivity index (χ2v) is 11.7. The molecule has 7 nitrogen and oxygen atoms in total. The van der Waals surface area contributed by atoms with Crippen LogP contribution >= 0.6 is 0 Å². The summed E-state index contributed by atoms with van der Waals surface area (Å²) in [6.07, 6.45) is 6.05. The summed E-state index contributed by atoms with van der Waals surface area (Å²) in [4.78, 5) is 33.1. The number of carbonyl (C=O) groups is 3. The summed E-state index contributed by atoms with van der Waals surface area (Å²) in [5.41, 5.74) is 3.19. The molecule has 0 saturated carbocycles. The Labute approximate surface area is 297 Å². The van der Waals surface area contributed by atoms with Gasteiger partial charge in [0.05, 0.1) is 16.7 Å². The van der Waals surface area contributed by atoms with Crippen molar-refractivity contribution in [2.45, 2.75) is 38.0 Å². The molecule has 0 bridgehead atoms. The highest BCUT2D eigenvalue weighted by Crippen LogP contribution is 2.30. The predicted octanol–water partition coefficient (Wildman–Crippen LogP) is 9.52. The molecule has 0 radical (unpaired) electrons. The standard InChI is InChI=1S/C21H25F2N.3C7H6O2/c22-19-10-6-17(7-11-19)21(18-8-12-20(23)13-9-18)5-4-16-24-14-2-1-3-15-24;3*8-7(9)6-4-2-1-3-5-6/h6-13,21H,1-5,14-16H2;3*1-5H,(H,8,9). The van der Waals surface area contributed by atoms with Crippen LogP contribution in [0.4, 0.5) is 8.78 Å². The summed E-state index contributed by atoms with van der Waals surface area (Å²) in [5, 5.41) is 25.2. The molecule has 1 saturated heterocycles. The molecule has 3 N–H and O–H groups in total. The molecule has 0 aromatic heterocycles. The molecule has 0 atom stereocenters. The SMILES string of the molecule is Fc1ccc(C(CCCN2CCCCC2)c2ccc(F)cc2)cc1.O=C(O)c1ccccc1.O=C(O)c1ccccc1.O=C(O)c1ccccc1. The lowest BCUT2D eigenvalue weighted by Crippen LogP contribution is -2.30. The van der Waals surface area contributed by atoms with E-state index < -0.39 is 17.9 Å². The van der Waals surface area contributed by atoms with E-state index in [-0.39, 0.29) is 17.6 Å². The van der Waals surface area contributed by atoms with E-state index >= 15 is 0 Å². The Morgan fingerprint density at radius 3 is 1.14 bits per heavy atom. The average molecular weight is 696 g/mol. The summed E-state index contributed by atoms with van der Waals surface area (Å²) in [6.45, 7) is 3.52. The Morgan fingerprint density at radius 2 is 0.843 bits per heavy atom. The van der Waals surface area contributed by atoms with Crippen molar-refractivity contribution in [1.82, 2.24) is 4.90 Å². The van der Waals surface area contributed by atoms with Crippen molar-refractivity contribution in [3.63, 3.8) is 0 Å². The molecular weight excluding hydrogens is 652 g/mol. The molecule has 266 valence electrons. The maximum Gasteiger partial charge on any atom is 0.335 e. The van der Waals surface area contributed by atoms with E-state index in [0.29, 0.717) is 16.7 Å². The number of halogens is 2. The number of hydrogen-bond donors (Lipinski definition) is 3. The summed E-state index contributed by atoms with van der Waals surface area (Å²) in [5.74, 6) is -2.88. The Bertz CT molecular complexity index is 1570. The van der Waals surface area contributed by atoms with E-state index in [4.69, 9.17) is 15.3 Å². The van der Waals surface area contributed by atoms with Crippen LogP contribution in [0, 0.1) is 11.6 Å². The van der Waals surface area contributed by atoms with Gasteiger partial charge in [-0.15, -0.1) is 0 Å². The smallest absolute Gasteiger partial charge is 0.335 e. The zero-order chi connectivity index (χ0) is 36.8. The molecule has 6 rings (SSSR count). The zero-order valence-electron chi connectivity index (χ0n) is 28.3. The summed E-state index contributed by atoms with van der Waals surface area (Å²) >= 11 is 0. The number of carboxylic acid groups (broad SMARTS) is 3. The average Bonchev–Trinajstić information content (AvgIpc) is 3.17. The van der Waals surface area contributed by atoms with Crippen LogP contribution in [0.2, 0.25) is 0 Å². The molecule has 5 aromatic carbocycles. The fourth-order valence-electron chi connectivity index (χ4n) is 5.36. The predicted molar refractivity (Wildman–Crippen MR) is 194 cm³/mol. The minimum absolute atomic E-state index is 0.191. The Balaban J connectivity index is 0.000000213. The first-order chi connectivity index (χ1) is 24.6. The maximum atomic E-state index is 13.2. The van der Waals surface area contributed by atoms with Crippen molar-refractivity contribution in [3.05, 3.63) is 179 Å². The van der Waals surface area contributed by atoms with Gasteiger partial charge in [0.2, 0.25) is 0 Å². The van der Waals surface area contributed by atoms with E-state index in [9.17, 15) is 23.2 Å². The highest BCUT2D eigenvalue weighted by molar-refractivity contribution is 5.88. The minimum atomic E-state index is -0.879. The van der Waals surface area contributed by atoms with E-state index in [1.54, 1.807) is 91.0 Å². The molecule has 5 aromatic rings. The number of benzene rings is 5. The van der Waals surface area contributed by atoms with Gasteiger partial charge in [0.1, 0.15) is 11.6 Å². The van der Waals surface area contributed by atoms with Gasteiger partial charge >= 0.3 is 17.9 Å². The lowest BCUT2D eigenvalue weighted by atomic mass is 9.87. The molecule has 1 heterocycles. The number of likely N-dealkylation sites (tertiary alicyclic amines) is 1. The molecule has 9 heteroatoms. The van der Waals surface area contributed by atoms with E-state index in [2.05, 4.69) is 4.90 Å². The van der Waals surface area contributed by atoms with Crippen LogP contribution in [0.25, 0.3) is 0 Å². The Kier molecular flexibility index (Phi) is 17.3. The largest absolute Gasteiger partial charge is 0.478 e. The third-order valence-electron chi connectivity index (χ3n) is 8.02. The molecule has 1 aliphatic heterocycles. The monoisotopic (exact) mass is 695 g/mol.